The molecule has 0 spiro atoms. The average Bonchev–Trinajstić information content (AvgIpc) is 2.61. The molecule has 144 valence electrons. The molecular formula is C18H27N3O5. The zero-order valence-electron chi connectivity index (χ0n) is 15.4. The number of hydrogen-bond donors (Lipinski definition) is 3. The van der Waals surface area contributed by atoms with Crippen molar-refractivity contribution in [3.8, 4) is 0 Å². The Labute approximate surface area is 153 Å². The number of nitrogens with two attached hydrogens (primary N) is 1. The Kier molecular flexibility index (Phi) is 8.97. The molecule has 26 heavy (non-hydrogen) atoms. The highest BCUT2D eigenvalue weighted by Gasteiger charge is 2.22. The lowest BCUT2D eigenvalue weighted by Crippen LogP contribution is -2.47. The lowest BCUT2D eigenvalue weighted by Gasteiger charge is -2.18. The molecule has 1 atom stereocenters. The first kappa shape index (κ1) is 21.3. The van der Waals surface area contributed by atoms with Crippen molar-refractivity contribution in [1.82, 2.24) is 10.6 Å². The lowest BCUT2D eigenvalue weighted by molar-refractivity contribution is -0.120. The van der Waals surface area contributed by atoms with Crippen LogP contribution in [0.2, 0.25) is 0 Å². The molecule has 0 aromatic heterocycles. The topological polar surface area (TPSA) is 120 Å². The highest BCUT2D eigenvalue weighted by Crippen LogP contribution is 2.08. The average molecular weight is 365 g/mol. The van der Waals surface area contributed by atoms with Crippen molar-refractivity contribution in [2.45, 2.75) is 39.3 Å². The van der Waals surface area contributed by atoms with Crippen molar-refractivity contribution in [2.75, 3.05) is 13.7 Å². The molecule has 1 rings (SSSR count). The number of nitrogens with one attached hydrogen (secondary N) is 2. The second-order valence-corrected chi connectivity index (χ2v) is 6.17. The van der Waals surface area contributed by atoms with Crippen LogP contribution in [0.5, 0.6) is 0 Å². The molecule has 0 radical (unpaired) electrons. The minimum absolute atomic E-state index is 0.110. The minimum atomic E-state index is -0.749. The monoisotopic (exact) mass is 365 g/mol. The van der Waals surface area contributed by atoms with E-state index < -0.39 is 24.1 Å². The van der Waals surface area contributed by atoms with Gasteiger partial charge in [-0.1, -0.05) is 38.1 Å². The Hall–Kier alpha value is -2.77. The van der Waals surface area contributed by atoms with Gasteiger partial charge in [-0.15, -0.1) is 0 Å². The summed E-state index contributed by atoms with van der Waals surface area (Å²) >= 11 is 0. The van der Waals surface area contributed by atoms with Crippen molar-refractivity contribution < 1.29 is 23.9 Å². The molecule has 0 aliphatic carbocycles. The van der Waals surface area contributed by atoms with Crippen LogP contribution in [-0.4, -0.2) is 37.9 Å². The van der Waals surface area contributed by atoms with Crippen LogP contribution in [0.25, 0.3) is 0 Å². The molecule has 0 fully saturated rings. The summed E-state index contributed by atoms with van der Waals surface area (Å²) < 4.78 is 9.61. The van der Waals surface area contributed by atoms with Crippen LogP contribution in [0.15, 0.2) is 24.3 Å². The summed E-state index contributed by atoms with van der Waals surface area (Å²) in [5.41, 5.74) is 7.26. The SMILES string of the molecule is COC(=O)NCc1cccc(CCCOC(=O)N[C@H](C(N)=O)C(C)C)c1. The summed E-state index contributed by atoms with van der Waals surface area (Å²) in [5, 5.41) is 5.09. The normalized spacial score (nSPS) is 11.5. The van der Waals surface area contributed by atoms with Crippen LogP contribution < -0.4 is 16.4 Å². The Balaban J connectivity index is 2.36. The fourth-order valence-electron chi connectivity index (χ4n) is 2.32. The van der Waals surface area contributed by atoms with Crippen LogP contribution in [0.1, 0.15) is 31.4 Å². The van der Waals surface area contributed by atoms with Gasteiger partial charge in [0.2, 0.25) is 5.91 Å². The number of benzene rings is 1. The fourth-order valence-corrected chi connectivity index (χ4v) is 2.32. The molecule has 1 aromatic carbocycles. The van der Waals surface area contributed by atoms with E-state index in [0.717, 1.165) is 11.1 Å². The van der Waals surface area contributed by atoms with Gasteiger partial charge in [0.15, 0.2) is 0 Å². The highest BCUT2D eigenvalue weighted by atomic mass is 16.5. The quantitative estimate of drug-likeness (QED) is 0.576. The van der Waals surface area contributed by atoms with Crippen molar-refractivity contribution in [2.24, 2.45) is 11.7 Å². The molecule has 0 aliphatic rings. The van der Waals surface area contributed by atoms with Gasteiger partial charge in [0.05, 0.1) is 13.7 Å². The van der Waals surface area contributed by atoms with Gasteiger partial charge in [-0.3, -0.25) is 4.79 Å². The van der Waals surface area contributed by atoms with Crippen molar-refractivity contribution in [3.05, 3.63) is 35.4 Å². The third kappa shape index (κ3) is 7.87. The van der Waals surface area contributed by atoms with Gasteiger partial charge in [-0.05, 0) is 29.9 Å². The van der Waals surface area contributed by atoms with E-state index in [1.165, 1.54) is 7.11 Å². The van der Waals surface area contributed by atoms with Crippen molar-refractivity contribution in [3.63, 3.8) is 0 Å². The lowest BCUT2D eigenvalue weighted by atomic mass is 10.0. The summed E-state index contributed by atoms with van der Waals surface area (Å²) in [7, 11) is 1.31. The van der Waals surface area contributed by atoms with Gasteiger partial charge < -0.3 is 25.8 Å². The van der Waals surface area contributed by atoms with E-state index in [2.05, 4.69) is 15.4 Å². The molecular weight excluding hydrogens is 338 g/mol. The van der Waals surface area contributed by atoms with E-state index >= 15 is 0 Å². The number of hydrogen-bond acceptors (Lipinski definition) is 5. The molecule has 8 nitrogen and oxygen atoms in total. The van der Waals surface area contributed by atoms with Crippen LogP contribution in [-0.2, 0) is 27.2 Å². The Morgan fingerprint density at radius 3 is 2.46 bits per heavy atom. The smallest absolute Gasteiger partial charge is 0.407 e. The van der Waals surface area contributed by atoms with Crippen LogP contribution in [0, 0.1) is 5.92 Å². The van der Waals surface area contributed by atoms with Gasteiger partial charge in [0.25, 0.3) is 0 Å². The molecule has 0 heterocycles. The number of alkyl carbamates (subject to hydrolysis) is 2. The fraction of sp³-hybridized carbons (Fsp3) is 0.500. The van der Waals surface area contributed by atoms with Crippen LogP contribution in [0.3, 0.4) is 0 Å². The Morgan fingerprint density at radius 1 is 1.15 bits per heavy atom. The first-order chi connectivity index (χ1) is 12.3. The van der Waals surface area contributed by atoms with Gasteiger partial charge in [-0.2, -0.15) is 0 Å². The molecule has 3 amide bonds. The second-order valence-electron chi connectivity index (χ2n) is 6.17. The van der Waals surface area contributed by atoms with Gasteiger partial charge in [-0.25, -0.2) is 9.59 Å². The van der Waals surface area contributed by atoms with E-state index in [1.54, 1.807) is 13.8 Å². The number of rotatable bonds is 9. The molecule has 0 unspecified atom stereocenters. The molecule has 8 heteroatoms. The van der Waals surface area contributed by atoms with Gasteiger partial charge in [0.1, 0.15) is 6.04 Å². The van der Waals surface area contributed by atoms with E-state index in [-0.39, 0.29) is 12.5 Å². The van der Waals surface area contributed by atoms with Crippen molar-refractivity contribution in [1.29, 1.82) is 0 Å². The first-order valence-electron chi connectivity index (χ1n) is 8.45. The van der Waals surface area contributed by atoms with Gasteiger partial charge >= 0.3 is 12.2 Å². The maximum atomic E-state index is 11.7. The first-order valence-corrected chi connectivity index (χ1v) is 8.45. The molecule has 0 saturated heterocycles. The molecule has 0 saturated carbocycles. The predicted molar refractivity (Wildman–Crippen MR) is 96.3 cm³/mol. The second kappa shape index (κ2) is 11.0. The van der Waals surface area contributed by atoms with E-state index in [1.807, 2.05) is 24.3 Å². The third-order valence-electron chi connectivity index (χ3n) is 3.70. The van der Waals surface area contributed by atoms with E-state index in [4.69, 9.17) is 10.5 Å². The molecule has 0 bridgehead atoms. The van der Waals surface area contributed by atoms with E-state index in [0.29, 0.717) is 19.4 Å². The largest absolute Gasteiger partial charge is 0.453 e. The minimum Gasteiger partial charge on any atom is -0.453 e. The molecule has 1 aromatic rings. The van der Waals surface area contributed by atoms with Crippen molar-refractivity contribution >= 4 is 18.1 Å². The Bertz CT molecular complexity index is 619. The zero-order chi connectivity index (χ0) is 19.5. The summed E-state index contributed by atoms with van der Waals surface area (Å²) in [4.78, 5) is 34.1. The number of amides is 3. The number of primary amides is 1. The number of carbonyl (C=O) groups excluding carboxylic acids is 3. The van der Waals surface area contributed by atoms with E-state index in [9.17, 15) is 14.4 Å². The zero-order valence-corrected chi connectivity index (χ0v) is 15.4. The summed E-state index contributed by atoms with van der Waals surface area (Å²) in [6.07, 6.45) is 0.205. The maximum absolute atomic E-state index is 11.7. The highest BCUT2D eigenvalue weighted by molar-refractivity contribution is 5.84. The standard InChI is InChI=1S/C18H27N3O5/c1-12(2)15(16(19)22)21-18(24)26-9-5-8-13-6-4-7-14(10-13)11-20-17(23)25-3/h4,6-7,10,12,15H,5,8-9,11H2,1-3H3,(H2,19,22)(H,20,23)(H,21,24)/t15-/m0/s1. The summed E-state index contributed by atoms with van der Waals surface area (Å²) in [6.45, 7) is 4.18. The van der Waals surface area contributed by atoms with Crippen LogP contribution >= 0.6 is 0 Å². The summed E-state index contributed by atoms with van der Waals surface area (Å²) in [5.74, 6) is -0.698. The number of aryl methyl sites for hydroxylation is 1. The number of ether oxygens (including phenoxy) is 2. The van der Waals surface area contributed by atoms with Crippen LogP contribution in [0.4, 0.5) is 9.59 Å². The molecule has 0 aliphatic heterocycles. The molecule has 4 N–H and O–H groups in total. The number of methoxy groups -OCH3 is 1. The Morgan fingerprint density at radius 2 is 1.85 bits per heavy atom. The van der Waals surface area contributed by atoms with Gasteiger partial charge in [0, 0.05) is 6.54 Å². The maximum Gasteiger partial charge on any atom is 0.407 e. The predicted octanol–water partition coefficient (Wildman–Crippen LogP) is 1.71. The third-order valence-corrected chi connectivity index (χ3v) is 3.70. The summed E-state index contributed by atoms with van der Waals surface area (Å²) in [6, 6.07) is 6.99. The number of carbonyl (C=O) groups is 3.